The van der Waals surface area contributed by atoms with Crippen LogP contribution in [-0.4, -0.2) is 25.5 Å². The van der Waals surface area contributed by atoms with Gasteiger partial charge < -0.3 is 0 Å². The Labute approximate surface area is 99.7 Å². The van der Waals surface area contributed by atoms with E-state index in [1.807, 2.05) is 0 Å². The zero-order valence-electron chi connectivity index (χ0n) is 8.45. The summed E-state index contributed by atoms with van der Waals surface area (Å²) in [6, 6.07) is 0. The number of rotatable bonds is 1. The Kier molecular flexibility index (Phi) is 2.19. The van der Waals surface area contributed by atoms with Gasteiger partial charge in [-0.25, -0.2) is 9.97 Å². The normalized spacial score (nSPS) is 18.0. The van der Waals surface area contributed by atoms with Gasteiger partial charge in [-0.1, -0.05) is 0 Å². The van der Waals surface area contributed by atoms with Crippen LogP contribution in [0.4, 0.5) is 4.79 Å². The number of nitrogens with zero attached hydrogens (tertiary/aromatic N) is 3. The second-order valence-corrected chi connectivity index (χ2v) is 4.39. The molecule has 1 aliphatic rings. The average Bonchev–Trinajstić information content (AvgIpc) is 2.85. The third-order valence-electron chi connectivity index (χ3n) is 2.21. The molecule has 7 heteroatoms. The topological polar surface area (TPSA) is 76.4 Å². The Balaban J connectivity index is 2.01. The van der Waals surface area contributed by atoms with Gasteiger partial charge in [0.2, 0.25) is 5.78 Å². The quantitative estimate of drug-likeness (QED) is 0.761. The molecule has 0 bridgehead atoms. The monoisotopic (exact) mass is 246 g/mol. The second kappa shape index (κ2) is 3.70. The van der Waals surface area contributed by atoms with E-state index in [9.17, 15) is 9.59 Å². The minimum atomic E-state index is -0.370. The minimum absolute atomic E-state index is 0.349. The van der Waals surface area contributed by atoms with Crippen LogP contribution in [0.25, 0.3) is 11.9 Å². The predicted octanol–water partition coefficient (Wildman–Crippen LogP) is 1.05. The fourth-order valence-electron chi connectivity index (χ4n) is 1.48. The Morgan fingerprint density at radius 1 is 1.35 bits per heavy atom. The van der Waals surface area contributed by atoms with E-state index in [-0.39, 0.29) is 11.1 Å². The molecule has 2 amide bonds. The van der Waals surface area contributed by atoms with Gasteiger partial charge in [0.25, 0.3) is 11.1 Å². The largest absolute Gasteiger partial charge is 0.291 e. The van der Waals surface area contributed by atoms with Crippen LogP contribution in [0.2, 0.25) is 0 Å². The molecule has 1 N–H and O–H groups in total. The van der Waals surface area contributed by atoms with E-state index >= 15 is 0 Å². The molecule has 2 aromatic rings. The Hall–Kier alpha value is -2.15. The summed E-state index contributed by atoms with van der Waals surface area (Å²) in [6.07, 6.45) is 8.42. The molecule has 1 fully saturated rings. The van der Waals surface area contributed by atoms with Crippen molar-refractivity contribution in [3.05, 3.63) is 35.3 Å². The summed E-state index contributed by atoms with van der Waals surface area (Å²) >= 11 is 0.885. The van der Waals surface area contributed by atoms with Crippen molar-refractivity contribution in [3.63, 3.8) is 0 Å². The maximum atomic E-state index is 11.3. The lowest BCUT2D eigenvalue weighted by Gasteiger charge is -1.96. The molecule has 1 saturated heterocycles. The summed E-state index contributed by atoms with van der Waals surface area (Å²) in [4.78, 5) is 30.8. The fraction of sp³-hybridized carbons (Fsp3) is 0. The molecule has 17 heavy (non-hydrogen) atoms. The van der Waals surface area contributed by atoms with Gasteiger partial charge in [0.05, 0.1) is 4.91 Å². The molecule has 0 aromatic carbocycles. The van der Waals surface area contributed by atoms with Crippen molar-refractivity contribution in [2.24, 2.45) is 0 Å². The molecule has 3 heterocycles. The highest BCUT2D eigenvalue weighted by molar-refractivity contribution is 8.18. The number of fused-ring (bicyclic) bond motifs is 1. The number of carbonyl (C=O) groups is 2. The van der Waals surface area contributed by atoms with E-state index < -0.39 is 0 Å². The first-order valence-electron chi connectivity index (χ1n) is 4.76. The number of hydrogen-bond donors (Lipinski definition) is 1. The highest BCUT2D eigenvalue weighted by atomic mass is 32.2. The zero-order chi connectivity index (χ0) is 11.8. The lowest BCUT2D eigenvalue weighted by Crippen LogP contribution is -2.17. The highest BCUT2D eigenvalue weighted by Crippen LogP contribution is 2.25. The van der Waals surface area contributed by atoms with E-state index in [1.165, 1.54) is 0 Å². The van der Waals surface area contributed by atoms with Crippen LogP contribution in [0.5, 0.6) is 0 Å². The summed E-state index contributed by atoms with van der Waals surface area (Å²) in [5.74, 6) is 0.220. The lowest BCUT2D eigenvalue weighted by atomic mass is 10.3. The number of amides is 2. The Bertz CT molecular complexity index is 661. The smallest absolute Gasteiger partial charge is 0.290 e. The summed E-state index contributed by atoms with van der Waals surface area (Å²) in [5, 5.41) is 1.85. The number of nitrogens with one attached hydrogen (secondary N) is 1. The lowest BCUT2D eigenvalue weighted by molar-refractivity contribution is -0.115. The second-order valence-electron chi connectivity index (χ2n) is 3.37. The van der Waals surface area contributed by atoms with Gasteiger partial charge in [-0.2, -0.15) is 0 Å². The van der Waals surface area contributed by atoms with E-state index in [2.05, 4.69) is 15.3 Å². The molecular weight excluding hydrogens is 240 g/mol. The third kappa shape index (κ3) is 1.80. The van der Waals surface area contributed by atoms with Crippen LogP contribution >= 0.6 is 11.8 Å². The Morgan fingerprint density at radius 3 is 3.00 bits per heavy atom. The van der Waals surface area contributed by atoms with Gasteiger partial charge in [-0.3, -0.25) is 19.3 Å². The number of imidazole rings is 1. The van der Waals surface area contributed by atoms with Crippen molar-refractivity contribution in [1.82, 2.24) is 19.7 Å². The van der Waals surface area contributed by atoms with Crippen LogP contribution in [0.1, 0.15) is 5.56 Å². The van der Waals surface area contributed by atoms with Gasteiger partial charge >= 0.3 is 0 Å². The number of thioether (sulfide) groups is 1. The van der Waals surface area contributed by atoms with Crippen LogP contribution < -0.4 is 5.32 Å². The molecule has 0 atom stereocenters. The van der Waals surface area contributed by atoms with Crippen LogP contribution in [0, 0.1) is 0 Å². The molecule has 6 nitrogen and oxygen atoms in total. The van der Waals surface area contributed by atoms with Crippen molar-refractivity contribution in [2.45, 2.75) is 0 Å². The van der Waals surface area contributed by atoms with E-state index in [0.29, 0.717) is 10.7 Å². The first kappa shape index (κ1) is 10.0. The molecule has 0 spiro atoms. The van der Waals surface area contributed by atoms with Gasteiger partial charge in [-0.05, 0) is 17.8 Å². The van der Waals surface area contributed by atoms with Crippen molar-refractivity contribution >= 4 is 34.8 Å². The average molecular weight is 246 g/mol. The number of carbonyl (C=O) groups excluding carboxylic acids is 2. The summed E-state index contributed by atoms with van der Waals surface area (Å²) in [7, 11) is 0. The number of imide groups is 1. The SMILES string of the molecule is O=C1NC(=O)C(=Cc2cnc3nccn3c2)S1. The van der Waals surface area contributed by atoms with Crippen molar-refractivity contribution in [3.8, 4) is 0 Å². The number of aromatic nitrogens is 3. The van der Waals surface area contributed by atoms with Gasteiger partial charge in [0.15, 0.2) is 0 Å². The third-order valence-corrected chi connectivity index (χ3v) is 3.02. The number of hydrogen-bond acceptors (Lipinski definition) is 5. The predicted molar refractivity (Wildman–Crippen MR) is 62.1 cm³/mol. The fourth-order valence-corrected chi connectivity index (χ4v) is 2.16. The van der Waals surface area contributed by atoms with Gasteiger partial charge in [0.1, 0.15) is 0 Å². The van der Waals surface area contributed by atoms with E-state index in [0.717, 1.165) is 17.3 Å². The maximum Gasteiger partial charge on any atom is 0.290 e. The first-order chi connectivity index (χ1) is 8.22. The molecular formula is C10H6N4O2S. The van der Waals surface area contributed by atoms with Crippen LogP contribution in [-0.2, 0) is 4.79 Å². The zero-order valence-corrected chi connectivity index (χ0v) is 9.27. The molecule has 0 aliphatic carbocycles. The molecule has 2 aromatic heterocycles. The highest BCUT2D eigenvalue weighted by Gasteiger charge is 2.24. The standard InChI is InChI=1S/C10H6N4O2S/c15-8-7(17-10(16)13-8)3-6-4-12-9-11-1-2-14(9)5-6/h1-5H,(H,13,15,16). The maximum absolute atomic E-state index is 11.3. The van der Waals surface area contributed by atoms with Crippen molar-refractivity contribution in [2.75, 3.05) is 0 Å². The minimum Gasteiger partial charge on any atom is -0.291 e. The van der Waals surface area contributed by atoms with Crippen molar-refractivity contribution in [1.29, 1.82) is 0 Å². The summed E-state index contributed by atoms with van der Waals surface area (Å²) < 4.78 is 1.74. The summed E-state index contributed by atoms with van der Waals surface area (Å²) in [5.41, 5.74) is 0.739. The Morgan fingerprint density at radius 2 is 2.24 bits per heavy atom. The molecule has 0 unspecified atom stereocenters. The van der Waals surface area contributed by atoms with Crippen LogP contribution in [0.3, 0.4) is 0 Å². The van der Waals surface area contributed by atoms with Gasteiger partial charge in [-0.15, -0.1) is 0 Å². The van der Waals surface area contributed by atoms with Crippen LogP contribution in [0.15, 0.2) is 29.7 Å². The molecule has 1 aliphatic heterocycles. The molecule has 0 radical (unpaired) electrons. The van der Waals surface area contributed by atoms with Gasteiger partial charge in [0, 0.05) is 30.4 Å². The van der Waals surface area contributed by atoms with Crippen molar-refractivity contribution < 1.29 is 9.59 Å². The molecule has 84 valence electrons. The summed E-state index contributed by atoms with van der Waals surface area (Å²) in [6.45, 7) is 0. The molecule has 0 saturated carbocycles. The van der Waals surface area contributed by atoms with E-state index in [4.69, 9.17) is 0 Å². The van der Waals surface area contributed by atoms with E-state index in [1.54, 1.807) is 35.3 Å². The first-order valence-corrected chi connectivity index (χ1v) is 5.57. The molecule has 3 rings (SSSR count).